The zero-order valence-corrected chi connectivity index (χ0v) is 24.1. The SMILES string of the molecule is C=CCNNC(=O)[C@@]1(CCC(=O)OC(C)(C)C)N=C(c2ccc(OCCCO)cc2)O[C@H]1c1ccccc1Br. The van der Waals surface area contributed by atoms with E-state index in [2.05, 4.69) is 33.4 Å². The molecular formula is C29H36BrN3O6. The monoisotopic (exact) mass is 601 g/mol. The standard InChI is InChI=1S/C29H36BrN3O6/c1-5-17-31-33-27(36)29(16-15-24(35)39-28(2,3)4)25(22-9-6-7-10-23(22)30)38-26(32-29)20-11-13-21(14-12-20)37-19-8-18-34/h5-7,9-14,25,31,34H,1,8,15-19H2,2-4H3,(H,33,36)/t25-,29-/m0/s1. The van der Waals surface area contributed by atoms with E-state index in [9.17, 15) is 9.59 Å². The molecule has 0 unspecified atom stereocenters. The number of rotatable bonds is 13. The molecule has 0 spiro atoms. The Morgan fingerprint density at radius 3 is 2.56 bits per heavy atom. The Kier molecular flexibility index (Phi) is 10.7. The summed E-state index contributed by atoms with van der Waals surface area (Å²) in [5, 5.41) is 8.98. The number of aliphatic hydroxyl groups is 1. The molecule has 2 atom stereocenters. The van der Waals surface area contributed by atoms with Gasteiger partial charge in [0.15, 0.2) is 11.6 Å². The van der Waals surface area contributed by atoms with Crippen LogP contribution in [0.15, 0.2) is 70.7 Å². The van der Waals surface area contributed by atoms with Gasteiger partial charge >= 0.3 is 5.97 Å². The highest BCUT2D eigenvalue weighted by Crippen LogP contribution is 2.45. The fourth-order valence-electron chi connectivity index (χ4n) is 4.03. The van der Waals surface area contributed by atoms with E-state index in [0.717, 1.165) is 4.47 Å². The van der Waals surface area contributed by atoms with Crippen molar-refractivity contribution < 1.29 is 28.9 Å². The smallest absolute Gasteiger partial charge is 0.306 e. The van der Waals surface area contributed by atoms with E-state index in [1.807, 2.05) is 24.3 Å². The molecule has 10 heteroatoms. The number of amides is 1. The second-order valence-corrected chi connectivity index (χ2v) is 10.9. The molecule has 1 amide bonds. The summed E-state index contributed by atoms with van der Waals surface area (Å²) in [4.78, 5) is 31.4. The third-order valence-corrected chi connectivity index (χ3v) is 6.52. The molecule has 0 radical (unpaired) electrons. The van der Waals surface area contributed by atoms with Gasteiger partial charge in [-0.3, -0.25) is 15.0 Å². The van der Waals surface area contributed by atoms with Gasteiger partial charge < -0.3 is 19.3 Å². The third-order valence-electron chi connectivity index (χ3n) is 5.80. The molecule has 1 aliphatic rings. The molecule has 0 aliphatic carbocycles. The molecule has 3 rings (SSSR count). The van der Waals surface area contributed by atoms with E-state index < -0.39 is 29.1 Å². The maximum Gasteiger partial charge on any atom is 0.306 e. The highest BCUT2D eigenvalue weighted by atomic mass is 79.9. The number of hydrogen-bond acceptors (Lipinski definition) is 8. The quantitative estimate of drug-likeness (QED) is 0.135. The van der Waals surface area contributed by atoms with Crippen LogP contribution in [0.3, 0.4) is 0 Å². The molecule has 0 fully saturated rings. The van der Waals surface area contributed by atoms with E-state index >= 15 is 0 Å². The molecule has 0 aromatic heterocycles. The van der Waals surface area contributed by atoms with Crippen LogP contribution in [0.1, 0.15) is 57.3 Å². The Labute approximate surface area is 237 Å². The summed E-state index contributed by atoms with van der Waals surface area (Å²) in [5.41, 5.74) is 4.75. The first-order chi connectivity index (χ1) is 18.6. The highest BCUT2D eigenvalue weighted by Gasteiger charge is 2.54. The average Bonchev–Trinajstić information content (AvgIpc) is 3.28. The molecule has 0 saturated carbocycles. The van der Waals surface area contributed by atoms with E-state index in [1.54, 1.807) is 51.1 Å². The minimum absolute atomic E-state index is 0.0430. The molecule has 210 valence electrons. The lowest BCUT2D eigenvalue weighted by atomic mass is 9.83. The van der Waals surface area contributed by atoms with Crippen molar-refractivity contribution in [1.82, 2.24) is 10.9 Å². The van der Waals surface area contributed by atoms with Crippen LogP contribution >= 0.6 is 15.9 Å². The van der Waals surface area contributed by atoms with Gasteiger partial charge in [0.25, 0.3) is 5.91 Å². The number of hydrogen-bond donors (Lipinski definition) is 3. The topological polar surface area (TPSA) is 118 Å². The van der Waals surface area contributed by atoms with Crippen molar-refractivity contribution in [1.29, 1.82) is 0 Å². The van der Waals surface area contributed by atoms with Crippen molar-refractivity contribution in [2.45, 2.75) is 57.3 Å². The van der Waals surface area contributed by atoms with Crippen molar-refractivity contribution >= 4 is 33.7 Å². The molecule has 2 aromatic carbocycles. The first kappa shape index (κ1) is 30.3. The van der Waals surface area contributed by atoms with Crippen LogP contribution in [0.4, 0.5) is 0 Å². The van der Waals surface area contributed by atoms with Crippen molar-refractivity contribution in [2.75, 3.05) is 19.8 Å². The minimum atomic E-state index is -1.49. The molecule has 3 N–H and O–H groups in total. The number of nitrogens with zero attached hydrogens (tertiary/aromatic N) is 1. The van der Waals surface area contributed by atoms with E-state index in [0.29, 0.717) is 36.4 Å². The maximum atomic E-state index is 13.8. The van der Waals surface area contributed by atoms with E-state index in [4.69, 9.17) is 24.3 Å². The molecule has 0 bridgehead atoms. The Morgan fingerprint density at radius 1 is 1.21 bits per heavy atom. The number of benzene rings is 2. The summed E-state index contributed by atoms with van der Waals surface area (Å²) in [6.45, 7) is 9.83. The van der Waals surface area contributed by atoms with Gasteiger partial charge in [-0.25, -0.2) is 10.4 Å². The summed E-state index contributed by atoms with van der Waals surface area (Å²) in [6.07, 6.45) is 1.30. The highest BCUT2D eigenvalue weighted by molar-refractivity contribution is 9.10. The van der Waals surface area contributed by atoms with Gasteiger partial charge in [-0.2, -0.15) is 0 Å². The van der Waals surface area contributed by atoms with Crippen LogP contribution in [0.5, 0.6) is 5.75 Å². The lowest BCUT2D eigenvalue weighted by molar-refractivity contribution is -0.155. The summed E-state index contributed by atoms with van der Waals surface area (Å²) in [5.74, 6) is 0.0108. The molecule has 1 heterocycles. The number of nitrogens with one attached hydrogen (secondary N) is 2. The number of carbonyl (C=O) groups excluding carboxylic acids is 2. The minimum Gasteiger partial charge on any atom is -0.494 e. The lowest BCUT2D eigenvalue weighted by Gasteiger charge is -2.31. The Morgan fingerprint density at radius 2 is 1.92 bits per heavy atom. The number of ether oxygens (including phenoxy) is 3. The normalized spacial score (nSPS) is 18.6. The number of halogens is 1. The van der Waals surface area contributed by atoms with Crippen LogP contribution in [0.2, 0.25) is 0 Å². The third kappa shape index (κ3) is 8.14. The zero-order chi connectivity index (χ0) is 28.5. The fourth-order valence-corrected chi connectivity index (χ4v) is 4.52. The number of aliphatic hydroxyl groups excluding tert-OH is 1. The van der Waals surface area contributed by atoms with Crippen LogP contribution in [0, 0.1) is 0 Å². The summed E-state index contributed by atoms with van der Waals surface area (Å²) in [7, 11) is 0. The van der Waals surface area contributed by atoms with Crippen LogP contribution in [0.25, 0.3) is 0 Å². The molecule has 9 nitrogen and oxygen atoms in total. The van der Waals surface area contributed by atoms with Crippen molar-refractivity contribution in [3.63, 3.8) is 0 Å². The Balaban J connectivity index is 2.02. The summed E-state index contributed by atoms with van der Waals surface area (Å²) >= 11 is 3.59. The average molecular weight is 603 g/mol. The largest absolute Gasteiger partial charge is 0.494 e. The van der Waals surface area contributed by atoms with Crippen molar-refractivity contribution in [2.24, 2.45) is 4.99 Å². The molecule has 0 saturated heterocycles. The van der Waals surface area contributed by atoms with Crippen molar-refractivity contribution in [3.8, 4) is 5.75 Å². The van der Waals surface area contributed by atoms with E-state index in [1.165, 1.54) is 0 Å². The van der Waals surface area contributed by atoms with Gasteiger partial charge in [0, 0.05) is 41.6 Å². The lowest BCUT2D eigenvalue weighted by Crippen LogP contribution is -2.53. The number of aliphatic imine (C=N–C) groups is 1. The molecule has 39 heavy (non-hydrogen) atoms. The van der Waals surface area contributed by atoms with Crippen LogP contribution in [-0.2, 0) is 19.1 Å². The first-order valence-corrected chi connectivity index (χ1v) is 13.6. The van der Waals surface area contributed by atoms with Crippen LogP contribution in [-0.4, -0.2) is 53.8 Å². The van der Waals surface area contributed by atoms with Crippen molar-refractivity contribution in [3.05, 3.63) is 76.8 Å². The van der Waals surface area contributed by atoms with Gasteiger partial charge in [-0.1, -0.05) is 40.2 Å². The van der Waals surface area contributed by atoms with Gasteiger partial charge in [-0.05, 0) is 57.5 Å². The van der Waals surface area contributed by atoms with Gasteiger partial charge in [-0.15, -0.1) is 6.58 Å². The summed E-state index contributed by atoms with van der Waals surface area (Å²) in [6, 6.07) is 14.6. The first-order valence-electron chi connectivity index (χ1n) is 12.8. The maximum absolute atomic E-state index is 13.8. The van der Waals surface area contributed by atoms with E-state index in [-0.39, 0.29) is 25.3 Å². The molecule has 1 aliphatic heterocycles. The predicted molar refractivity (Wildman–Crippen MR) is 152 cm³/mol. The molecule has 2 aromatic rings. The second-order valence-electron chi connectivity index (χ2n) is 10.0. The predicted octanol–water partition coefficient (Wildman–Crippen LogP) is 4.40. The number of carbonyl (C=O) groups is 2. The molecular weight excluding hydrogens is 566 g/mol. The summed E-state index contributed by atoms with van der Waals surface area (Å²) < 4.78 is 18.3. The zero-order valence-electron chi connectivity index (χ0n) is 22.5. The van der Waals surface area contributed by atoms with Crippen LogP contribution < -0.4 is 15.6 Å². The second kappa shape index (κ2) is 13.7. The fraction of sp³-hybridized carbons (Fsp3) is 0.414. The Hall–Kier alpha value is -3.21. The Bertz CT molecular complexity index is 1180. The number of esters is 1. The van der Waals surface area contributed by atoms with Gasteiger partial charge in [0.05, 0.1) is 6.61 Å². The van der Waals surface area contributed by atoms with Gasteiger partial charge in [0.1, 0.15) is 11.4 Å². The number of hydrazine groups is 1. The van der Waals surface area contributed by atoms with Gasteiger partial charge in [0.2, 0.25) is 5.90 Å².